The van der Waals surface area contributed by atoms with Crippen LogP contribution in [0.15, 0.2) is 48.5 Å². The van der Waals surface area contributed by atoms with Crippen molar-refractivity contribution in [2.75, 3.05) is 49.7 Å². The fourth-order valence-corrected chi connectivity index (χ4v) is 5.09. The minimum atomic E-state index is -0.542. The van der Waals surface area contributed by atoms with Crippen LogP contribution in [-0.2, 0) is 4.74 Å². The van der Waals surface area contributed by atoms with Crippen molar-refractivity contribution in [3.63, 3.8) is 0 Å². The molecule has 38 heavy (non-hydrogen) atoms. The highest BCUT2D eigenvalue weighted by Gasteiger charge is 2.33. The summed E-state index contributed by atoms with van der Waals surface area (Å²) in [6.07, 6.45) is 0. The van der Waals surface area contributed by atoms with Crippen LogP contribution in [0.3, 0.4) is 0 Å². The van der Waals surface area contributed by atoms with Crippen LogP contribution >= 0.6 is 11.6 Å². The number of anilines is 2. The molecule has 0 saturated carbocycles. The van der Waals surface area contributed by atoms with Crippen LogP contribution in [0.1, 0.15) is 56.0 Å². The van der Waals surface area contributed by atoms with E-state index in [2.05, 4.69) is 10.2 Å². The molecule has 0 spiro atoms. The molecule has 1 aliphatic carbocycles. The Morgan fingerprint density at radius 2 is 1.58 bits per heavy atom. The SMILES string of the molecule is CCOc1cc(N2CCOCC2)c(OCC)cc1NC(=O)c1ccc2c(c1Cl)C(=O)c1ccccc1C2=O. The molecule has 2 aliphatic rings. The van der Waals surface area contributed by atoms with Crippen molar-refractivity contribution in [1.82, 2.24) is 0 Å². The summed E-state index contributed by atoms with van der Waals surface area (Å²) in [5.74, 6) is -0.164. The van der Waals surface area contributed by atoms with E-state index in [0.29, 0.717) is 62.3 Å². The number of morpholine rings is 1. The van der Waals surface area contributed by atoms with Gasteiger partial charge in [-0.3, -0.25) is 14.4 Å². The average molecular weight is 535 g/mol. The van der Waals surface area contributed by atoms with Gasteiger partial charge < -0.3 is 24.4 Å². The number of rotatable bonds is 7. The lowest BCUT2D eigenvalue weighted by atomic mass is 9.83. The highest BCUT2D eigenvalue weighted by atomic mass is 35.5. The van der Waals surface area contributed by atoms with Gasteiger partial charge in [0, 0.05) is 41.9 Å². The maximum Gasteiger partial charge on any atom is 0.257 e. The molecular weight excluding hydrogens is 508 g/mol. The second-order valence-electron chi connectivity index (χ2n) is 8.79. The molecule has 1 fully saturated rings. The van der Waals surface area contributed by atoms with Crippen molar-refractivity contribution in [2.45, 2.75) is 13.8 Å². The first-order chi connectivity index (χ1) is 18.4. The molecule has 9 heteroatoms. The smallest absolute Gasteiger partial charge is 0.257 e. The Labute approximate surface area is 225 Å². The first-order valence-electron chi connectivity index (χ1n) is 12.5. The number of halogens is 1. The summed E-state index contributed by atoms with van der Waals surface area (Å²) in [5, 5.41) is 2.80. The van der Waals surface area contributed by atoms with Gasteiger partial charge in [0.05, 0.1) is 54.0 Å². The number of benzene rings is 3. The van der Waals surface area contributed by atoms with Crippen LogP contribution in [-0.4, -0.2) is 57.0 Å². The molecule has 3 aromatic rings. The van der Waals surface area contributed by atoms with Gasteiger partial charge in [-0.25, -0.2) is 0 Å². The van der Waals surface area contributed by atoms with Gasteiger partial charge in [0.1, 0.15) is 11.5 Å². The fraction of sp³-hybridized carbons (Fsp3) is 0.276. The van der Waals surface area contributed by atoms with E-state index in [1.54, 1.807) is 30.3 Å². The van der Waals surface area contributed by atoms with Crippen molar-refractivity contribution < 1.29 is 28.6 Å². The Balaban J connectivity index is 1.51. The van der Waals surface area contributed by atoms with Gasteiger partial charge in [-0.1, -0.05) is 35.9 Å². The summed E-state index contributed by atoms with van der Waals surface area (Å²) in [7, 11) is 0. The molecule has 0 aromatic heterocycles. The standard InChI is InChI=1S/C29H27ClN2O6/c1-3-37-23-16-22(32-11-13-36-14-12-32)24(38-4-2)15-21(23)31-29(35)20-10-9-19-25(26(20)30)28(34)18-8-6-5-7-17(18)27(19)33/h5-10,15-16H,3-4,11-14H2,1-2H3,(H,31,35). The molecule has 1 amide bonds. The summed E-state index contributed by atoms with van der Waals surface area (Å²) >= 11 is 6.61. The number of carbonyl (C=O) groups is 3. The molecule has 3 aromatic carbocycles. The van der Waals surface area contributed by atoms with E-state index in [1.165, 1.54) is 12.1 Å². The maximum atomic E-state index is 13.5. The zero-order chi connectivity index (χ0) is 26.8. The number of carbonyl (C=O) groups excluding carboxylic acids is 3. The molecule has 1 N–H and O–H groups in total. The van der Waals surface area contributed by atoms with E-state index < -0.39 is 11.7 Å². The molecule has 1 heterocycles. The van der Waals surface area contributed by atoms with Crippen molar-refractivity contribution in [2.24, 2.45) is 0 Å². The second kappa shape index (κ2) is 10.8. The Morgan fingerprint density at radius 1 is 0.921 bits per heavy atom. The zero-order valence-corrected chi connectivity index (χ0v) is 21.9. The van der Waals surface area contributed by atoms with Crippen LogP contribution in [0.4, 0.5) is 11.4 Å². The van der Waals surface area contributed by atoms with Gasteiger partial charge in [0.2, 0.25) is 0 Å². The minimum Gasteiger partial charge on any atom is -0.492 e. The third kappa shape index (κ3) is 4.61. The summed E-state index contributed by atoms with van der Waals surface area (Å²) in [4.78, 5) is 41.8. The average Bonchev–Trinajstić information content (AvgIpc) is 2.93. The molecule has 1 saturated heterocycles. The molecule has 196 valence electrons. The zero-order valence-electron chi connectivity index (χ0n) is 21.1. The topological polar surface area (TPSA) is 94.2 Å². The van der Waals surface area contributed by atoms with Crippen LogP contribution in [0.2, 0.25) is 5.02 Å². The van der Waals surface area contributed by atoms with E-state index in [9.17, 15) is 14.4 Å². The molecule has 1 aliphatic heterocycles. The number of hydrogen-bond acceptors (Lipinski definition) is 7. The van der Waals surface area contributed by atoms with Crippen LogP contribution < -0.4 is 19.7 Å². The number of hydrogen-bond donors (Lipinski definition) is 1. The maximum absolute atomic E-state index is 13.5. The number of fused-ring (bicyclic) bond motifs is 2. The summed E-state index contributed by atoms with van der Waals surface area (Å²) < 4.78 is 17.3. The minimum absolute atomic E-state index is 0.0331. The number of nitrogens with zero attached hydrogens (tertiary/aromatic N) is 1. The number of ether oxygens (including phenoxy) is 3. The highest BCUT2D eigenvalue weighted by molar-refractivity contribution is 6.41. The van der Waals surface area contributed by atoms with Crippen molar-refractivity contribution >= 4 is 40.4 Å². The predicted octanol–water partition coefficient (Wildman–Crippen LogP) is 5.00. The largest absolute Gasteiger partial charge is 0.492 e. The lowest BCUT2D eigenvalue weighted by Gasteiger charge is -2.31. The van der Waals surface area contributed by atoms with Gasteiger partial charge in [-0.2, -0.15) is 0 Å². The molecule has 8 nitrogen and oxygen atoms in total. The summed E-state index contributed by atoms with van der Waals surface area (Å²) in [5.41, 5.74) is 2.13. The molecule has 0 radical (unpaired) electrons. The Bertz CT molecular complexity index is 1430. The third-order valence-corrected chi connectivity index (χ3v) is 6.93. The summed E-state index contributed by atoms with van der Waals surface area (Å²) in [6.45, 7) is 7.20. The second-order valence-corrected chi connectivity index (χ2v) is 9.17. The van der Waals surface area contributed by atoms with Crippen LogP contribution in [0.5, 0.6) is 11.5 Å². The normalized spacial score (nSPS) is 14.6. The van der Waals surface area contributed by atoms with Gasteiger partial charge in [-0.15, -0.1) is 0 Å². The molecule has 5 rings (SSSR count). The van der Waals surface area contributed by atoms with E-state index in [-0.39, 0.29) is 33.1 Å². The number of ketones is 2. The van der Waals surface area contributed by atoms with Crippen molar-refractivity contribution in [1.29, 1.82) is 0 Å². The predicted molar refractivity (Wildman–Crippen MR) is 145 cm³/mol. The van der Waals surface area contributed by atoms with Crippen molar-refractivity contribution in [3.8, 4) is 11.5 Å². The molecular formula is C29H27ClN2O6. The Kier molecular flexibility index (Phi) is 7.35. The van der Waals surface area contributed by atoms with Gasteiger partial charge in [0.25, 0.3) is 5.91 Å². The number of nitrogens with one attached hydrogen (secondary N) is 1. The third-order valence-electron chi connectivity index (χ3n) is 6.54. The Hall–Kier alpha value is -3.88. The first kappa shape index (κ1) is 25.8. The van der Waals surface area contributed by atoms with Crippen LogP contribution in [0.25, 0.3) is 0 Å². The van der Waals surface area contributed by atoms with Crippen molar-refractivity contribution in [3.05, 3.63) is 81.4 Å². The van der Waals surface area contributed by atoms with Gasteiger partial charge in [0.15, 0.2) is 11.6 Å². The fourth-order valence-electron chi connectivity index (χ4n) is 4.76. The van der Waals surface area contributed by atoms with Gasteiger partial charge in [-0.05, 0) is 26.0 Å². The first-order valence-corrected chi connectivity index (χ1v) is 12.9. The van der Waals surface area contributed by atoms with E-state index in [1.807, 2.05) is 19.9 Å². The molecule has 0 bridgehead atoms. The summed E-state index contributed by atoms with van der Waals surface area (Å²) in [6, 6.07) is 13.1. The van der Waals surface area contributed by atoms with E-state index in [4.69, 9.17) is 25.8 Å². The lowest BCUT2D eigenvalue weighted by Crippen LogP contribution is -2.36. The Morgan fingerprint density at radius 3 is 2.26 bits per heavy atom. The number of amides is 1. The van der Waals surface area contributed by atoms with E-state index >= 15 is 0 Å². The lowest BCUT2D eigenvalue weighted by molar-refractivity contribution is 0.0978. The molecule has 0 unspecified atom stereocenters. The van der Waals surface area contributed by atoms with Crippen LogP contribution in [0, 0.1) is 0 Å². The highest BCUT2D eigenvalue weighted by Crippen LogP contribution is 2.40. The van der Waals surface area contributed by atoms with Gasteiger partial charge >= 0.3 is 0 Å². The molecule has 0 atom stereocenters. The monoisotopic (exact) mass is 534 g/mol. The van der Waals surface area contributed by atoms with E-state index in [0.717, 1.165) is 5.69 Å². The quantitative estimate of drug-likeness (QED) is 0.356.